The third-order valence-electron chi connectivity index (χ3n) is 5.01. The number of carbonyl (C=O) groups is 2. The van der Waals surface area contributed by atoms with Gasteiger partial charge in [0.1, 0.15) is 0 Å². The summed E-state index contributed by atoms with van der Waals surface area (Å²) >= 11 is 0. The van der Waals surface area contributed by atoms with Crippen molar-refractivity contribution in [2.24, 2.45) is 0 Å². The molecule has 0 spiro atoms. The molecule has 0 radical (unpaired) electrons. The van der Waals surface area contributed by atoms with E-state index < -0.39 is 12.1 Å². The van der Waals surface area contributed by atoms with Gasteiger partial charge in [-0.1, -0.05) is 26.8 Å². The van der Waals surface area contributed by atoms with Crippen LogP contribution in [0.4, 0.5) is 18.9 Å². The molecule has 0 unspecified atom stereocenters. The molecule has 3 rings (SSSR count). The third kappa shape index (κ3) is 4.58. The van der Waals surface area contributed by atoms with Crippen LogP contribution < -0.4 is 5.32 Å². The Kier molecular flexibility index (Phi) is 5.64. The summed E-state index contributed by atoms with van der Waals surface area (Å²) in [6, 6.07) is 6.89. The number of hydrogen-bond acceptors (Lipinski definition) is 3. The zero-order chi connectivity index (χ0) is 21.3. The van der Waals surface area contributed by atoms with Crippen LogP contribution in [-0.2, 0) is 11.3 Å². The number of nitrogens with zero attached hydrogens (tertiary/aromatic N) is 2. The standard InChI is InChI=1S/C21H22F3N3O2/c1-12(2)14-6-15(9-25-8-14)19(28)26-17-4-5-18-13(3)10-27(11-16(18)7-17)20(29)21(22,23)24/h4-9,12-13H,10-11H2,1-3H3,(H,26,28)/t13-/m0/s1. The average molecular weight is 405 g/mol. The summed E-state index contributed by atoms with van der Waals surface area (Å²) in [6.45, 7) is 5.63. The van der Waals surface area contributed by atoms with Gasteiger partial charge in [0.2, 0.25) is 0 Å². The van der Waals surface area contributed by atoms with Crippen molar-refractivity contribution >= 4 is 17.5 Å². The Morgan fingerprint density at radius 2 is 1.93 bits per heavy atom. The number of rotatable bonds is 3. The highest BCUT2D eigenvalue weighted by atomic mass is 19.4. The number of nitrogens with one attached hydrogen (secondary N) is 1. The van der Waals surface area contributed by atoms with E-state index >= 15 is 0 Å². The van der Waals surface area contributed by atoms with Gasteiger partial charge in [-0.15, -0.1) is 0 Å². The molecule has 1 aliphatic heterocycles. The number of anilines is 1. The maximum absolute atomic E-state index is 12.8. The van der Waals surface area contributed by atoms with E-state index in [1.54, 1.807) is 37.4 Å². The quantitative estimate of drug-likeness (QED) is 0.820. The molecule has 2 heterocycles. The highest BCUT2D eigenvalue weighted by molar-refractivity contribution is 6.04. The van der Waals surface area contributed by atoms with Gasteiger partial charge in [0.25, 0.3) is 5.91 Å². The lowest BCUT2D eigenvalue weighted by molar-refractivity contribution is -0.186. The van der Waals surface area contributed by atoms with Gasteiger partial charge in [0.05, 0.1) is 5.56 Å². The molecule has 0 bridgehead atoms. The Bertz CT molecular complexity index is 941. The molecular formula is C21H22F3N3O2. The minimum atomic E-state index is -4.91. The van der Waals surface area contributed by atoms with Crippen molar-refractivity contribution in [1.82, 2.24) is 9.88 Å². The van der Waals surface area contributed by atoms with Crippen LogP contribution in [0.3, 0.4) is 0 Å². The molecule has 1 aromatic heterocycles. The Labute approximate surface area is 166 Å². The number of alkyl halides is 3. The van der Waals surface area contributed by atoms with Crippen LogP contribution in [0.25, 0.3) is 0 Å². The fraction of sp³-hybridized carbons (Fsp3) is 0.381. The molecule has 1 N–H and O–H groups in total. The maximum atomic E-state index is 12.8. The van der Waals surface area contributed by atoms with Gasteiger partial charge in [-0.2, -0.15) is 13.2 Å². The first-order valence-electron chi connectivity index (χ1n) is 9.31. The third-order valence-corrected chi connectivity index (χ3v) is 5.01. The lowest BCUT2D eigenvalue weighted by Crippen LogP contribution is -2.44. The van der Waals surface area contributed by atoms with E-state index in [9.17, 15) is 22.8 Å². The van der Waals surface area contributed by atoms with E-state index in [1.165, 1.54) is 6.20 Å². The van der Waals surface area contributed by atoms with Crippen molar-refractivity contribution in [1.29, 1.82) is 0 Å². The normalized spacial score (nSPS) is 16.5. The molecule has 29 heavy (non-hydrogen) atoms. The summed E-state index contributed by atoms with van der Waals surface area (Å²) in [5.74, 6) is -2.22. The summed E-state index contributed by atoms with van der Waals surface area (Å²) in [4.78, 5) is 29.1. The van der Waals surface area contributed by atoms with E-state index in [0.717, 1.165) is 16.0 Å². The molecular weight excluding hydrogens is 383 g/mol. The van der Waals surface area contributed by atoms with Crippen LogP contribution in [0, 0.1) is 0 Å². The van der Waals surface area contributed by atoms with Crippen LogP contribution in [-0.4, -0.2) is 34.4 Å². The number of aromatic nitrogens is 1. The Morgan fingerprint density at radius 3 is 2.59 bits per heavy atom. The number of halogens is 3. The smallest absolute Gasteiger partial charge is 0.330 e. The lowest BCUT2D eigenvalue weighted by atomic mass is 9.90. The molecule has 5 nitrogen and oxygen atoms in total. The molecule has 8 heteroatoms. The van der Waals surface area contributed by atoms with Crippen LogP contribution in [0.15, 0.2) is 36.7 Å². The average Bonchev–Trinajstić information content (AvgIpc) is 2.66. The lowest BCUT2D eigenvalue weighted by Gasteiger charge is -2.33. The zero-order valence-corrected chi connectivity index (χ0v) is 16.4. The summed E-state index contributed by atoms with van der Waals surface area (Å²) in [6.07, 6.45) is -1.74. The van der Waals surface area contributed by atoms with Gasteiger partial charge in [-0.05, 0) is 46.7 Å². The minimum Gasteiger partial charge on any atom is -0.330 e. The molecule has 154 valence electrons. The van der Waals surface area contributed by atoms with Gasteiger partial charge in [-0.3, -0.25) is 14.6 Å². The Hall–Kier alpha value is -2.90. The van der Waals surface area contributed by atoms with E-state index in [4.69, 9.17) is 0 Å². The van der Waals surface area contributed by atoms with Crippen LogP contribution >= 0.6 is 0 Å². The molecule has 1 aliphatic rings. The first kappa shape index (κ1) is 20.8. The van der Waals surface area contributed by atoms with Crippen molar-refractivity contribution in [3.05, 3.63) is 58.9 Å². The first-order chi connectivity index (χ1) is 13.6. The van der Waals surface area contributed by atoms with Gasteiger partial charge in [0.15, 0.2) is 0 Å². The van der Waals surface area contributed by atoms with Gasteiger partial charge in [0, 0.05) is 31.2 Å². The van der Waals surface area contributed by atoms with Crippen molar-refractivity contribution in [3.8, 4) is 0 Å². The predicted octanol–water partition coefficient (Wildman–Crippen LogP) is 4.47. The second kappa shape index (κ2) is 7.85. The minimum absolute atomic E-state index is 0.00468. The summed E-state index contributed by atoms with van der Waals surface area (Å²) < 4.78 is 38.4. The summed E-state index contributed by atoms with van der Waals surface area (Å²) in [7, 11) is 0. The maximum Gasteiger partial charge on any atom is 0.471 e. The van der Waals surface area contributed by atoms with Crippen LogP contribution in [0.2, 0.25) is 0 Å². The highest BCUT2D eigenvalue weighted by Crippen LogP contribution is 2.32. The Balaban J connectivity index is 1.81. The van der Waals surface area contributed by atoms with Crippen molar-refractivity contribution < 1.29 is 22.8 Å². The monoisotopic (exact) mass is 405 g/mol. The number of benzene rings is 1. The molecule has 1 aromatic carbocycles. The molecule has 0 saturated carbocycles. The number of amides is 2. The molecule has 0 aliphatic carbocycles. The number of carbonyl (C=O) groups excluding carboxylic acids is 2. The summed E-state index contributed by atoms with van der Waals surface area (Å²) in [5.41, 5.74) is 3.25. The highest BCUT2D eigenvalue weighted by Gasteiger charge is 2.44. The topological polar surface area (TPSA) is 62.3 Å². The van der Waals surface area contributed by atoms with E-state index in [0.29, 0.717) is 16.8 Å². The number of hydrogen-bond donors (Lipinski definition) is 1. The first-order valence-corrected chi connectivity index (χ1v) is 9.31. The Morgan fingerprint density at radius 1 is 1.21 bits per heavy atom. The van der Waals surface area contributed by atoms with E-state index in [1.807, 2.05) is 13.8 Å². The number of fused-ring (bicyclic) bond motifs is 1. The van der Waals surface area contributed by atoms with E-state index in [-0.39, 0.29) is 30.8 Å². The fourth-order valence-electron chi connectivity index (χ4n) is 3.44. The summed E-state index contributed by atoms with van der Waals surface area (Å²) in [5, 5.41) is 2.76. The van der Waals surface area contributed by atoms with Crippen molar-refractivity contribution in [2.75, 3.05) is 11.9 Å². The van der Waals surface area contributed by atoms with E-state index in [2.05, 4.69) is 10.3 Å². The largest absolute Gasteiger partial charge is 0.471 e. The predicted molar refractivity (Wildman–Crippen MR) is 103 cm³/mol. The molecule has 2 aromatic rings. The molecule has 1 atom stereocenters. The molecule has 0 saturated heterocycles. The van der Waals surface area contributed by atoms with Crippen molar-refractivity contribution in [2.45, 2.75) is 45.3 Å². The number of pyridine rings is 1. The van der Waals surface area contributed by atoms with Gasteiger partial charge >= 0.3 is 12.1 Å². The zero-order valence-electron chi connectivity index (χ0n) is 16.4. The second-order valence-corrected chi connectivity index (χ2v) is 7.61. The molecule has 2 amide bonds. The van der Waals surface area contributed by atoms with Crippen molar-refractivity contribution in [3.63, 3.8) is 0 Å². The SMILES string of the molecule is CC(C)c1cncc(C(=O)Nc2ccc3c(c2)CN(C(=O)C(F)(F)F)C[C@@H]3C)c1. The fourth-order valence-corrected chi connectivity index (χ4v) is 3.44. The molecule has 0 fully saturated rings. The van der Waals surface area contributed by atoms with Crippen LogP contribution in [0.5, 0.6) is 0 Å². The van der Waals surface area contributed by atoms with Gasteiger partial charge < -0.3 is 10.2 Å². The van der Waals surface area contributed by atoms with Crippen LogP contribution in [0.1, 0.15) is 59.7 Å². The van der Waals surface area contributed by atoms with Gasteiger partial charge in [-0.25, -0.2) is 0 Å². The second-order valence-electron chi connectivity index (χ2n) is 7.61.